The first-order chi connectivity index (χ1) is 9.61. The van der Waals surface area contributed by atoms with Gasteiger partial charge in [-0.2, -0.15) is 0 Å². The van der Waals surface area contributed by atoms with Crippen LogP contribution in [0.3, 0.4) is 0 Å². The Labute approximate surface area is 133 Å². The van der Waals surface area contributed by atoms with Crippen LogP contribution in [0.5, 0.6) is 0 Å². The molecule has 1 unspecified atom stereocenters. The Morgan fingerprint density at radius 1 is 1.25 bits per heavy atom. The lowest BCUT2D eigenvalue weighted by Gasteiger charge is -2.21. The highest BCUT2D eigenvalue weighted by Gasteiger charge is 2.12. The summed E-state index contributed by atoms with van der Waals surface area (Å²) in [6.07, 6.45) is 0.979. The van der Waals surface area contributed by atoms with Crippen molar-refractivity contribution < 1.29 is 0 Å². The first kappa shape index (κ1) is 15.0. The standard InChI is InChI=1S/C16H17BrN2S/c1-2-14(11-6-4-3-5-7-11)19-15-10-12(17)8-9-13(15)16(18)20/h3-10,14,19H,2H2,1H3,(H2,18,20). The zero-order chi connectivity index (χ0) is 14.5. The highest BCUT2D eigenvalue weighted by atomic mass is 79.9. The number of thiocarbonyl (C=S) groups is 1. The molecule has 0 aliphatic rings. The minimum atomic E-state index is 0.235. The summed E-state index contributed by atoms with van der Waals surface area (Å²) in [6, 6.07) is 16.5. The number of benzene rings is 2. The summed E-state index contributed by atoms with van der Waals surface area (Å²) in [5.41, 5.74) is 8.88. The molecule has 2 rings (SSSR count). The molecule has 0 saturated heterocycles. The van der Waals surface area contributed by atoms with Crippen LogP contribution in [0.4, 0.5) is 5.69 Å². The Hall–Kier alpha value is -1.39. The van der Waals surface area contributed by atoms with Gasteiger partial charge in [0.1, 0.15) is 4.99 Å². The molecule has 3 N–H and O–H groups in total. The van der Waals surface area contributed by atoms with Crippen molar-refractivity contribution in [2.24, 2.45) is 5.73 Å². The first-order valence-electron chi connectivity index (χ1n) is 6.52. The second-order valence-electron chi connectivity index (χ2n) is 4.57. The SMILES string of the molecule is CCC(Nc1cc(Br)ccc1C(N)=S)c1ccccc1. The van der Waals surface area contributed by atoms with Gasteiger partial charge in [0.25, 0.3) is 0 Å². The number of rotatable bonds is 5. The lowest BCUT2D eigenvalue weighted by atomic mass is 10.0. The number of nitrogens with one attached hydrogen (secondary N) is 1. The smallest absolute Gasteiger partial charge is 0.106 e. The molecule has 20 heavy (non-hydrogen) atoms. The average Bonchev–Trinajstić information content (AvgIpc) is 2.45. The molecule has 0 spiro atoms. The number of hydrogen-bond donors (Lipinski definition) is 2. The second kappa shape index (κ2) is 6.86. The van der Waals surface area contributed by atoms with Crippen LogP contribution >= 0.6 is 28.1 Å². The van der Waals surface area contributed by atoms with Gasteiger partial charge in [0.2, 0.25) is 0 Å². The molecule has 2 aromatic rings. The van der Waals surface area contributed by atoms with E-state index in [0.29, 0.717) is 4.99 Å². The lowest BCUT2D eigenvalue weighted by molar-refractivity contribution is 0.749. The van der Waals surface area contributed by atoms with E-state index >= 15 is 0 Å². The Morgan fingerprint density at radius 2 is 1.95 bits per heavy atom. The van der Waals surface area contributed by atoms with Gasteiger partial charge in [-0.1, -0.05) is 65.4 Å². The lowest BCUT2D eigenvalue weighted by Crippen LogP contribution is -2.16. The number of hydrogen-bond acceptors (Lipinski definition) is 2. The molecule has 0 saturated carbocycles. The van der Waals surface area contributed by atoms with Crippen molar-refractivity contribution >= 4 is 38.8 Å². The highest BCUT2D eigenvalue weighted by Crippen LogP contribution is 2.27. The summed E-state index contributed by atoms with van der Waals surface area (Å²) in [5, 5.41) is 3.54. The van der Waals surface area contributed by atoms with Gasteiger partial charge in [-0.15, -0.1) is 0 Å². The molecule has 1 atom stereocenters. The van der Waals surface area contributed by atoms with E-state index in [1.165, 1.54) is 5.56 Å². The van der Waals surface area contributed by atoms with Crippen molar-refractivity contribution in [1.82, 2.24) is 0 Å². The van der Waals surface area contributed by atoms with Crippen LogP contribution in [-0.2, 0) is 0 Å². The predicted molar refractivity (Wildman–Crippen MR) is 93.1 cm³/mol. The van der Waals surface area contributed by atoms with Crippen LogP contribution in [0.2, 0.25) is 0 Å². The maximum atomic E-state index is 5.80. The Balaban J connectivity index is 2.32. The molecule has 0 radical (unpaired) electrons. The van der Waals surface area contributed by atoms with E-state index in [1.807, 2.05) is 24.3 Å². The maximum absolute atomic E-state index is 5.80. The minimum absolute atomic E-state index is 0.235. The second-order valence-corrected chi connectivity index (χ2v) is 5.93. The molecule has 4 heteroatoms. The number of halogens is 1. The van der Waals surface area contributed by atoms with E-state index in [9.17, 15) is 0 Å². The van der Waals surface area contributed by atoms with Crippen LogP contribution in [0, 0.1) is 0 Å². The molecule has 2 nitrogen and oxygen atoms in total. The van der Waals surface area contributed by atoms with Crippen LogP contribution in [-0.4, -0.2) is 4.99 Å². The van der Waals surface area contributed by atoms with Gasteiger partial charge in [-0.25, -0.2) is 0 Å². The van der Waals surface area contributed by atoms with Crippen molar-refractivity contribution in [2.45, 2.75) is 19.4 Å². The third kappa shape index (κ3) is 3.58. The third-order valence-corrected chi connectivity index (χ3v) is 3.90. The zero-order valence-electron chi connectivity index (χ0n) is 11.3. The topological polar surface area (TPSA) is 38.0 Å². The van der Waals surface area contributed by atoms with Crippen molar-refractivity contribution in [2.75, 3.05) is 5.32 Å². The van der Waals surface area contributed by atoms with Crippen LogP contribution in [0.25, 0.3) is 0 Å². The van der Waals surface area contributed by atoms with Gasteiger partial charge in [0.15, 0.2) is 0 Å². The molecule has 0 bridgehead atoms. The molecule has 104 valence electrons. The molecular weight excluding hydrogens is 332 g/mol. The Morgan fingerprint density at radius 3 is 2.55 bits per heavy atom. The summed E-state index contributed by atoms with van der Waals surface area (Å²) in [7, 11) is 0. The fraction of sp³-hybridized carbons (Fsp3) is 0.188. The van der Waals surface area contributed by atoms with Gasteiger partial charge in [0, 0.05) is 15.7 Å². The summed E-state index contributed by atoms with van der Waals surface area (Å²) in [4.78, 5) is 0.405. The van der Waals surface area contributed by atoms with Crippen molar-refractivity contribution in [3.8, 4) is 0 Å². The number of nitrogens with two attached hydrogens (primary N) is 1. The normalized spacial score (nSPS) is 11.9. The quantitative estimate of drug-likeness (QED) is 0.772. The van der Waals surface area contributed by atoms with Gasteiger partial charge < -0.3 is 11.1 Å². The molecule has 0 aromatic heterocycles. The summed E-state index contributed by atoms with van der Waals surface area (Å²) in [6.45, 7) is 2.16. The third-order valence-electron chi connectivity index (χ3n) is 3.19. The van der Waals surface area contributed by atoms with E-state index < -0.39 is 0 Å². The van der Waals surface area contributed by atoms with Gasteiger partial charge in [0.05, 0.1) is 6.04 Å². The van der Waals surface area contributed by atoms with E-state index in [2.05, 4.69) is 52.4 Å². The van der Waals surface area contributed by atoms with E-state index in [4.69, 9.17) is 18.0 Å². The zero-order valence-corrected chi connectivity index (χ0v) is 13.7. The molecule has 0 amide bonds. The molecule has 0 fully saturated rings. The molecular formula is C16H17BrN2S. The average molecular weight is 349 g/mol. The minimum Gasteiger partial charge on any atom is -0.389 e. The monoisotopic (exact) mass is 348 g/mol. The molecule has 0 aliphatic heterocycles. The fourth-order valence-corrected chi connectivity index (χ4v) is 2.68. The first-order valence-corrected chi connectivity index (χ1v) is 7.72. The van der Waals surface area contributed by atoms with Crippen molar-refractivity contribution in [3.63, 3.8) is 0 Å². The van der Waals surface area contributed by atoms with E-state index in [-0.39, 0.29) is 6.04 Å². The highest BCUT2D eigenvalue weighted by molar-refractivity contribution is 9.10. The summed E-state index contributed by atoms with van der Waals surface area (Å²) < 4.78 is 1.00. The van der Waals surface area contributed by atoms with Crippen molar-refractivity contribution in [1.29, 1.82) is 0 Å². The molecule has 0 aliphatic carbocycles. The van der Waals surface area contributed by atoms with E-state index in [0.717, 1.165) is 22.1 Å². The van der Waals surface area contributed by atoms with Crippen LogP contribution in [0.15, 0.2) is 53.0 Å². The maximum Gasteiger partial charge on any atom is 0.106 e. The molecule has 2 aromatic carbocycles. The molecule has 0 heterocycles. The van der Waals surface area contributed by atoms with Gasteiger partial charge in [-0.05, 0) is 30.2 Å². The van der Waals surface area contributed by atoms with Crippen LogP contribution < -0.4 is 11.1 Å². The summed E-state index contributed by atoms with van der Waals surface area (Å²) in [5.74, 6) is 0. The van der Waals surface area contributed by atoms with Gasteiger partial charge >= 0.3 is 0 Å². The Kier molecular flexibility index (Phi) is 5.15. The van der Waals surface area contributed by atoms with Crippen LogP contribution in [0.1, 0.15) is 30.5 Å². The largest absolute Gasteiger partial charge is 0.389 e. The predicted octanol–water partition coefficient (Wildman–Crippen LogP) is 4.65. The Bertz CT molecular complexity index is 599. The summed E-state index contributed by atoms with van der Waals surface area (Å²) >= 11 is 8.61. The number of anilines is 1. The fourth-order valence-electron chi connectivity index (χ4n) is 2.14. The van der Waals surface area contributed by atoms with Crippen molar-refractivity contribution in [3.05, 3.63) is 64.1 Å². The van der Waals surface area contributed by atoms with E-state index in [1.54, 1.807) is 0 Å². The van der Waals surface area contributed by atoms with Gasteiger partial charge in [-0.3, -0.25) is 0 Å².